The van der Waals surface area contributed by atoms with E-state index in [-0.39, 0.29) is 18.5 Å². The summed E-state index contributed by atoms with van der Waals surface area (Å²) in [6.07, 6.45) is 82.3. The highest BCUT2D eigenvalue weighted by Crippen LogP contribution is 2.18. The van der Waals surface area contributed by atoms with Crippen molar-refractivity contribution in [1.82, 2.24) is 5.32 Å². The third-order valence-corrected chi connectivity index (χ3v) is 16.2. The molecular formula is C70H135NO5. The van der Waals surface area contributed by atoms with Gasteiger partial charge in [-0.05, 0) is 77.0 Å². The molecule has 3 N–H and O–H groups in total. The number of rotatable bonds is 65. The van der Waals surface area contributed by atoms with Crippen LogP contribution in [0.4, 0.5) is 0 Å². The third kappa shape index (κ3) is 61.6. The maximum Gasteiger partial charge on any atom is 0.305 e. The van der Waals surface area contributed by atoms with E-state index in [2.05, 4.69) is 43.5 Å². The zero-order valence-corrected chi connectivity index (χ0v) is 51.5. The summed E-state index contributed by atoms with van der Waals surface area (Å²) in [5, 5.41) is 23.3. The summed E-state index contributed by atoms with van der Waals surface area (Å²) in [5.41, 5.74) is 0. The minimum Gasteiger partial charge on any atom is -0.466 e. The lowest BCUT2D eigenvalue weighted by Gasteiger charge is -2.22. The smallest absolute Gasteiger partial charge is 0.305 e. The van der Waals surface area contributed by atoms with Crippen LogP contribution in [0.25, 0.3) is 0 Å². The largest absolute Gasteiger partial charge is 0.466 e. The van der Waals surface area contributed by atoms with Crippen molar-refractivity contribution in [3.63, 3.8) is 0 Å². The molecule has 6 heteroatoms. The Kier molecular flexibility index (Phi) is 64.4. The van der Waals surface area contributed by atoms with Crippen molar-refractivity contribution >= 4 is 11.9 Å². The number of aliphatic hydroxyl groups is 2. The summed E-state index contributed by atoms with van der Waals surface area (Å²) in [6.45, 7) is 4.97. The number of carbonyl (C=O) groups excluding carboxylic acids is 2. The molecule has 2 atom stereocenters. The van der Waals surface area contributed by atoms with Crippen LogP contribution >= 0.6 is 0 Å². The number of nitrogens with one attached hydrogen (secondary N) is 1. The van der Waals surface area contributed by atoms with Crippen LogP contribution in [0.15, 0.2) is 24.3 Å². The monoisotopic (exact) mass is 1070 g/mol. The summed E-state index contributed by atoms with van der Waals surface area (Å²) in [6, 6.07) is -0.538. The second-order valence-electron chi connectivity index (χ2n) is 23.9. The van der Waals surface area contributed by atoms with Gasteiger partial charge in [0.05, 0.1) is 25.4 Å². The van der Waals surface area contributed by atoms with Crippen molar-refractivity contribution in [2.75, 3.05) is 13.2 Å². The lowest BCUT2D eigenvalue weighted by Crippen LogP contribution is -2.45. The van der Waals surface area contributed by atoms with Crippen LogP contribution < -0.4 is 5.32 Å². The molecule has 0 spiro atoms. The predicted molar refractivity (Wildman–Crippen MR) is 333 cm³/mol. The number of carbonyl (C=O) groups is 2. The van der Waals surface area contributed by atoms with E-state index in [4.69, 9.17) is 4.74 Å². The summed E-state index contributed by atoms with van der Waals surface area (Å²) in [5.74, 6) is -0.0208. The number of ether oxygens (including phenoxy) is 1. The van der Waals surface area contributed by atoms with Crippen LogP contribution in [-0.2, 0) is 14.3 Å². The molecule has 2 unspecified atom stereocenters. The van der Waals surface area contributed by atoms with Gasteiger partial charge in [0.1, 0.15) is 0 Å². The van der Waals surface area contributed by atoms with Crippen LogP contribution in [0.1, 0.15) is 386 Å². The Morgan fingerprint density at radius 3 is 0.934 bits per heavy atom. The highest BCUT2D eigenvalue weighted by atomic mass is 16.5. The van der Waals surface area contributed by atoms with E-state index in [9.17, 15) is 19.8 Å². The number of hydrogen-bond acceptors (Lipinski definition) is 5. The first kappa shape index (κ1) is 74.3. The molecule has 0 fully saturated rings. The molecule has 0 saturated carbocycles. The summed E-state index contributed by atoms with van der Waals surface area (Å²) < 4.78 is 5.49. The predicted octanol–water partition coefficient (Wildman–Crippen LogP) is 22.1. The van der Waals surface area contributed by atoms with Crippen LogP contribution in [-0.4, -0.2) is 47.4 Å². The van der Waals surface area contributed by atoms with Gasteiger partial charge in [0, 0.05) is 12.8 Å². The average Bonchev–Trinajstić information content (AvgIpc) is 3.42. The van der Waals surface area contributed by atoms with Gasteiger partial charge in [-0.25, -0.2) is 0 Å². The van der Waals surface area contributed by atoms with Crippen molar-refractivity contribution in [1.29, 1.82) is 0 Å². The van der Waals surface area contributed by atoms with Gasteiger partial charge in [-0.15, -0.1) is 0 Å². The standard InChI is InChI=1S/C70H135NO5/c1-3-5-7-9-11-13-15-17-18-37-40-44-48-52-56-60-64-70(75)76-65-61-57-53-49-45-41-38-35-33-31-29-27-25-23-21-19-20-22-24-26-28-30-32-34-36-39-43-47-51-55-59-63-69(74)71-67(66-72)68(73)62-58-54-50-46-42-16-14-12-10-8-6-4-2/h18,21,23,37,67-68,72-73H,3-17,19-20,22,24-36,38-66H2,1-2H3,(H,71,74)/b23-21-,37-18-. The van der Waals surface area contributed by atoms with E-state index >= 15 is 0 Å². The van der Waals surface area contributed by atoms with Crippen molar-refractivity contribution in [3.8, 4) is 0 Å². The first-order valence-corrected chi connectivity index (χ1v) is 34.6. The van der Waals surface area contributed by atoms with E-state index in [0.717, 1.165) is 44.9 Å². The minimum absolute atomic E-state index is 0.0108. The highest BCUT2D eigenvalue weighted by Gasteiger charge is 2.20. The van der Waals surface area contributed by atoms with E-state index < -0.39 is 12.1 Å². The number of unbranched alkanes of at least 4 members (excludes halogenated alkanes) is 50. The Morgan fingerprint density at radius 2 is 0.618 bits per heavy atom. The molecule has 6 nitrogen and oxygen atoms in total. The fraction of sp³-hybridized carbons (Fsp3) is 0.914. The van der Waals surface area contributed by atoms with Gasteiger partial charge < -0.3 is 20.3 Å². The van der Waals surface area contributed by atoms with Crippen molar-refractivity contribution in [3.05, 3.63) is 24.3 Å². The molecule has 0 aromatic heterocycles. The Morgan fingerprint density at radius 1 is 0.355 bits per heavy atom. The molecule has 0 rings (SSSR count). The normalized spacial score (nSPS) is 12.6. The number of allylic oxidation sites excluding steroid dienone is 4. The molecule has 0 aromatic carbocycles. The van der Waals surface area contributed by atoms with E-state index in [0.29, 0.717) is 25.9 Å². The van der Waals surface area contributed by atoms with Crippen molar-refractivity contribution in [2.24, 2.45) is 0 Å². The summed E-state index contributed by atoms with van der Waals surface area (Å²) in [7, 11) is 0. The molecule has 0 saturated heterocycles. The van der Waals surface area contributed by atoms with Gasteiger partial charge in [0.25, 0.3) is 0 Å². The van der Waals surface area contributed by atoms with Crippen molar-refractivity contribution in [2.45, 2.75) is 398 Å². The van der Waals surface area contributed by atoms with E-state index in [1.807, 2.05) is 0 Å². The van der Waals surface area contributed by atoms with Gasteiger partial charge in [-0.3, -0.25) is 9.59 Å². The molecule has 1 amide bonds. The molecule has 0 aromatic rings. The molecule has 0 aliphatic rings. The van der Waals surface area contributed by atoms with Gasteiger partial charge >= 0.3 is 5.97 Å². The second-order valence-corrected chi connectivity index (χ2v) is 23.9. The zero-order chi connectivity index (χ0) is 55.0. The van der Waals surface area contributed by atoms with Gasteiger partial charge in [-0.2, -0.15) is 0 Å². The Hall–Kier alpha value is -1.66. The zero-order valence-electron chi connectivity index (χ0n) is 51.5. The van der Waals surface area contributed by atoms with Crippen LogP contribution in [0.5, 0.6) is 0 Å². The topological polar surface area (TPSA) is 95.9 Å². The SMILES string of the molecule is CCCCCCCCC/C=C\CCCCCCCC(=O)OCCCCCCCCCCCCCC/C=C\CCCCCCCCCCCCCCCCCC(=O)NC(CO)C(O)CCCCCCCCCCCCCC. The molecular weight excluding hydrogens is 935 g/mol. The fourth-order valence-electron chi connectivity index (χ4n) is 10.9. The first-order chi connectivity index (χ1) is 37.5. The molecule has 76 heavy (non-hydrogen) atoms. The number of hydrogen-bond donors (Lipinski definition) is 3. The fourth-order valence-corrected chi connectivity index (χ4v) is 10.9. The van der Waals surface area contributed by atoms with Crippen LogP contribution in [0.2, 0.25) is 0 Å². The molecule has 0 aliphatic heterocycles. The minimum atomic E-state index is -0.661. The first-order valence-electron chi connectivity index (χ1n) is 34.6. The lowest BCUT2D eigenvalue weighted by molar-refractivity contribution is -0.143. The molecule has 0 heterocycles. The number of amides is 1. The van der Waals surface area contributed by atoms with Crippen LogP contribution in [0, 0.1) is 0 Å². The Balaban J connectivity index is 3.34. The molecule has 0 radical (unpaired) electrons. The maximum absolute atomic E-state index is 12.5. The lowest BCUT2D eigenvalue weighted by atomic mass is 10.0. The third-order valence-electron chi connectivity index (χ3n) is 16.2. The van der Waals surface area contributed by atoms with E-state index in [1.54, 1.807) is 0 Å². The van der Waals surface area contributed by atoms with Gasteiger partial charge in [-0.1, -0.05) is 321 Å². The molecule has 0 bridgehead atoms. The van der Waals surface area contributed by atoms with E-state index in [1.165, 1.54) is 308 Å². The second kappa shape index (κ2) is 65.9. The summed E-state index contributed by atoms with van der Waals surface area (Å²) in [4.78, 5) is 24.5. The van der Waals surface area contributed by atoms with Gasteiger partial charge in [0.2, 0.25) is 5.91 Å². The Labute approximate surface area is 475 Å². The van der Waals surface area contributed by atoms with Crippen LogP contribution in [0.3, 0.4) is 0 Å². The number of esters is 1. The Bertz CT molecular complexity index is 1190. The quantitative estimate of drug-likeness (QED) is 0.0320. The number of aliphatic hydroxyl groups excluding tert-OH is 2. The van der Waals surface area contributed by atoms with Crippen molar-refractivity contribution < 1.29 is 24.5 Å². The maximum atomic E-state index is 12.5. The summed E-state index contributed by atoms with van der Waals surface area (Å²) >= 11 is 0. The molecule has 0 aliphatic carbocycles. The molecule has 450 valence electrons. The highest BCUT2D eigenvalue weighted by molar-refractivity contribution is 5.76. The van der Waals surface area contributed by atoms with Gasteiger partial charge in [0.15, 0.2) is 0 Å². The average molecular weight is 1070 g/mol.